The average Bonchev–Trinajstić information content (AvgIpc) is 1.54. The second-order valence-corrected chi connectivity index (χ2v) is 33.4. The highest BCUT2D eigenvalue weighted by Gasteiger charge is 2.48. The molecule has 130 heavy (non-hydrogen) atoms. The van der Waals surface area contributed by atoms with Crippen LogP contribution in [0.5, 0.6) is 0 Å². The van der Waals surface area contributed by atoms with Crippen molar-refractivity contribution in [2.75, 3.05) is 0 Å². The van der Waals surface area contributed by atoms with E-state index in [2.05, 4.69) is 400 Å². The summed E-state index contributed by atoms with van der Waals surface area (Å²) in [5.41, 5.74) is 34.1. The molecule has 0 radical (unpaired) electrons. The van der Waals surface area contributed by atoms with Gasteiger partial charge in [0.2, 0.25) is 0 Å². The zero-order valence-electron chi connectivity index (χ0n) is 70.5. The number of furan rings is 2. The molecule has 0 spiro atoms. The molecule has 23 aromatic rings. The summed E-state index contributed by atoms with van der Waals surface area (Å²) < 4.78 is 12.7. The molecule has 0 unspecified atom stereocenters. The maximum absolute atomic E-state index is 6.34. The molecule has 4 aromatic heterocycles. The number of nitrogens with zero attached hydrogens (tertiary/aromatic N) is 6. The highest BCUT2D eigenvalue weighted by Crippen LogP contribution is 2.59. The van der Waals surface area contributed by atoms with E-state index < -0.39 is 10.8 Å². The van der Waals surface area contributed by atoms with Gasteiger partial charge >= 0.3 is 0 Å². The van der Waals surface area contributed by atoms with Crippen molar-refractivity contribution >= 4 is 43.9 Å². The second kappa shape index (κ2) is 32.1. The maximum atomic E-state index is 6.34. The van der Waals surface area contributed by atoms with E-state index in [0.717, 1.165) is 133 Å². The third-order valence-electron chi connectivity index (χ3n) is 26.1. The van der Waals surface area contributed by atoms with Gasteiger partial charge in [0.15, 0.2) is 34.9 Å². The van der Waals surface area contributed by atoms with Crippen LogP contribution in [0, 0.1) is 0 Å². The minimum absolute atomic E-state index is 0.549. The van der Waals surface area contributed by atoms with E-state index in [1.807, 2.05) is 72.8 Å². The van der Waals surface area contributed by atoms with E-state index >= 15 is 0 Å². The molecular formula is C122H78N6O2. The summed E-state index contributed by atoms with van der Waals surface area (Å²) >= 11 is 0. The maximum Gasteiger partial charge on any atom is 0.164 e. The molecule has 2 aliphatic rings. The quantitative estimate of drug-likeness (QED) is 0.1000. The van der Waals surface area contributed by atoms with Gasteiger partial charge in [-0.25, -0.2) is 29.9 Å². The first kappa shape index (κ1) is 76.5. The molecule has 608 valence electrons. The monoisotopic (exact) mass is 1660 g/mol. The fraction of sp³-hybridized carbons (Fsp3) is 0.0164. The largest absolute Gasteiger partial charge is 0.456 e. The lowest BCUT2D eigenvalue weighted by atomic mass is 9.67. The molecule has 0 amide bonds. The number of rotatable bonds is 15. The summed E-state index contributed by atoms with van der Waals surface area (Å²) in [5.74, 6) is 3.74. The minimum Gasteiger partial charge on any atom is -0.456 e. The number of aromatic nitrogens is 6. The molecule has 8 nitrogen and oxygen atoms in total. The van der Waals surface area contributed by atoms with Gasteiger partial charge in [0.1, 0.15) is 22.3 Å². The van der Waals surface area contributed by atoms with E-state index in [1.165, 1.54) is 66.8 Å². The molecule has 0 saturated carbocycles. The van der Waals surface area contributed by atoms with Crippen LogP contribution in [-0.4, -0.2) is 29.9 Å². The summed E-state index contributed by atoms with van der Waals surface area (Å²) in [4.78, 5) is 30.7. The van der Waals surface area contributed by atoms with Gasteiger partial charge in [-0.15, -0.1) is 0 Å². The van der Waals surface area contributed by atoms with Crippen molar-refractivity contribution < 1.29 is 8.83 Å². The van der Waals surface area contributed by atoms with E-state index in [1.54, 1.807) is 0 Å². The second-order valence-electron chi connectivity index (χ2n) is 33.4. The Morgan fingerprint density at radius 1 is 0.138 bits per heavy atom. The highest BCUT2D eigenvalue weighted by atomic mass is 16.3. The first-order valence-electron chi connectivity index (χ1n) is 44.1. The SMILES string of the molecule is c1ccc(-c2ccc(-c3nc(-c4cccc(-c5ccccc5)c4)nc(-c4cccc(-c5ccc(C6(c7ccc8oc9ccccc9c8c7)c7ccccc7-c7ccccc76)cc5)c4)n3)cc2)cc1.c1ccc(-c2cccc(-c3nc(-c4ccccc4)nc(-c4cccc(-c5ccc(C6(c7ccc8oc9ccccc9c8c7)c7ccccc7-c7ccccc76)cc5)c4)n3)c2)cc1. The molecule has 0 aliphatic heterocycles. The predicted molar refractivity (Wildman–Crippen MR) is 529 cm³/mol. The van der Waals surface area contributed by atoms with Gasteiger partial charge in [-0.3, -0.25) is 0 Å². The van der Waals surface area contributed by atoms with Gasteiger partial charge in [0.05, 0.1) is 10.8 Å². The lowest BCUT2D eigenvalue weighted by Gasteiger charge is -2.34. The van der Waals surface area contributed by atoms with Crippen molar-refractivity contribution in [3.05, 3.63) is 518 Å². The Balaban J connectivity index is 0.000000145. The van der Waals surface area contributed by atoms with Crippen molar-refractivity contribution in [3.63, 3.8) is 0 Å². The number of hydrogen-bond donors (Lipinski definition) is 0. The summed E-state index contributed by atoms with van der Waals surface area (Å²) in [5, 5.41) is 4.48. The fourth-order valence-corrected chi connectivity index (χ4v) is 20.0. The van der Waals surface area contributed by atoms with Gasteiger partial charge in [0, 0.05) is 54.9 Å². The smallest absolute Gasteiger partial charge is 0.164 e. The Kier molecular flexibility index (Phi) is 18.9. The lowest BCUT2D eigenvalue weighted by Crippen LogP contribution is -2.28. The molecule has 0 fully saturated rings. The molecule has 0 bridgehead atoms. The molecule has 25 rings (SSSR count). The van der Waals surface area contributed by atoms with Crippen molar-refractivity contribution in [3.8, 4) is 146 Å². The lowest BCUT2D eigenvalue weighted by molar-refractivity contribution is 0.667. The van der Waals surface area contributed by atoms with Gasteiger partial charge in [-0.1, -0.05) is 413 Å². The van der Waals surface area contributed by atoms with Crippen LogP contribution in [0.15, 0.2) is 482 Å². The first-order chi connectivity index (χ1) is 64.4. The Bertz CT molecular complexity index is 8180. The Morgan fingerprint density at radius 3 is 0.692 bits per heavy atom. The summed E-state index contributed by atoms with van der Waals surface area (Å²) in [6.45, 7) is 0. The topological polar surface area (TPSA) is 104 Å². The highest BCUT2D eigenvalue weighted by molar-refractivity contribution is 6.07. The third kappa shape index (κ3) is 13.3. The summed E-state index contributed by atoms with van der Waals surface area (Å²) in [6, 6.07) is 168. The molecular weight excluding hydrogens is 1580 g/mol. The zero-order valence-corrected chi connectivity index (χ0v) is 70.5. The Hall–Kier alpha value is -17.2. The van der Waals surface area contributed by atoms with Gasteiger partial charge in [-0.05, 0) is 183 Å². The standard InChI is InChI=1S/C64H41N3O.C58H37N3O/c1-3-15-42(16-4-1)44-29-31-46(32-30-44)61-65-62(49-21-13-19-47(39-49)43-17-5-2-6-18-43)67-63(66-61)50-22-14-20-48(40-50)45-33-35-51(36-34-45)64(57-26-10-7-23-53(57)54-24-8-11-27-58(54)64)52-37-38-60-56(41-52)55-25-9-12-28-59(55)68-60;1-3-15-38(16-4-1)41-19-13-21-43(35-41)56-59-55(40-17-5-2-6-18-40)60-57(61-56)44-22-14-20-42(36-44)39-29-31-45(32-30-39)58(51-26-10-7-23-47(51)48-24-8-11-27-52(48)58)46-33-34-54-50(37-46)49-25-9-12-28-53(49)62-54/h1-41H;1-37H. The van der Waals surface area contributed by atoms with Gasteiger partial charge < -0.3 is 8.83 Å². The van der Waals surface area contributed by atoms with Crippen LogP contribution in [0.4, 0.5) is 0 Å². The summed E-state index contributed by atoms with van der Waals surface area (Å²) in [7, 11) is 0. The zero-order chi connectivity index (χ0) is 86.1. The number of fused-ring (bicyclic) bond motifs is 12. The Morgan fingerprint density at radius 2 is 0.354 bits per heavy atom. The van der Waals surface area contributed by atoms with Crippen LogP contribution in [0.25, 0.3) is 190 Å². The van der Waals surface area contributed by atoms with Crippen LogP contribution in [0.3, 0.4) is 0 Å². The van der Waals surface area contributed by atoms with Crippen LogP contribution >= 0.6 is 0 Å². The fourth-order valence-electron chi connectivity index (χ4n) is 20.0. The molecule has 0 saturated heterocycles. The van der Waals surface area contributed by atoms with Gasteiger partial charge in [-0.2, -0.15) is 0 Å². The predicted octanol–water partition coefficient (Wildman–Crippen LogP) is 30.6. The first-order valence-corrected chi connectivity index (χ1v) is 44.1. The van der Waals surface area contributed by atoms with Crippen molar-refractivity contribution in [2.24, 2.45) is 0 Å². The van der Waals surface area contributed by atoms with Crippen LogP contribution in [0.2, 0.25) is 0 Å². The molecule has 4 heterocycles. The number of para-hydroxylation sites is 2. The summed E-state index contributed by atoms with van der Waals surface area (Å²) in [6.07, 6.45) is 0. The van der Waals surface area contributed by atoms with E-state index in [-0.39, 0.29) is 0 Å². The third-order valence-corrected chi connectivity index (χ3v) is 26.1. The van der Waals surface area contributed by atoms with Crippen LogP contribution in [0.1, 0.15) is 44.5 Å². The number of hydrogen-bond acceptors (Lipinski definition) is 8. The van der Waals surface area contributed by atoms with Crippen molar-refractivity contribution in [1.82, 2.24) is 29.9 Å². The van der Waals surface area contributed by atoms with E-state index in [4.69, 9.17) is 38.7 Å². The molecule has 0 N–H and O–H groups in total. The molecule has 19 aromatic carbocycles. The average molecular weight is 1660 g/mol. The molecule has 8 heteroatoms. The van der Waals surface area contributed by atoms with Crippen LogP contribution in [-0.2, 0) is 10.8 Å². The number of benzene rings is 19. The van der Waals surface area contributed by atoms with E-state index in [9.17, 15) is 0 Å². The minimum atomic E-state index is -0.561. The van der Waals surface area contributed by atoms with Crippen LogP contribution < -0.4 is 0 Å². The van der Waals surface area contributed by atoms with Crippen molar-refractivity contribution in [2.45, 2.75) is 10.8 Å². The van der Waals surface area contributed by atoms with E-state index in [0.29, 0.717) is 34.9 Å². The molecule has 2 aliphatic carbocycles. The van der Waals surface area contributed by atoms with Gasteiger partial charge in [0.25, 0.3) is 0 Å². The molecule has 0 atom stereocenters. The normalized spacial score (nSPS) is 12.6. The Labute approximate surface area is 752 Å². The van der Waals surface area contributed by atoms with Crippen molar-refractivity contribution in [1.29, 1.82) is 0 Å².